The van der Waals surface area contributed by atoms with Crippen LogP contribution < -0.4 is 25.8 Å². The minimum atomic E-state index is -0.318. The van der Waals surface area contributed by atoms with Gasteiger partial charge in [0.05, 0.1) is 12.8 Å². The Morgan fingerprint density at radius 2 is 1.85 bits per heavy atom. The minimum absolute atomic E-state index is 0. The number of ether oxygens (including phenoxy) is 2. The summed E-state index contributed by atoms with van der Waals surface area (Å²) in [5, 5.41) is 5.55. The lowest BCUT2D eigenvalue weighted by Gasteiger charge is -2.11. The molecule has 3 rings (SSSR count). The molecule has 0 aromatic heterocycles. The predicted octanol–water partition coefficient (Wildman–Crippen LogP) is 3.07. The summed E-state index contributed by atoms with van der Waals surface area (Å²) < 4.78 is 10.6. The molecule has 4 N–H and O–H groups in total. The van der Waals surface area contributed by atoms with E-state index in [-0.39, 0.29) is 36.7 Å². The first-order chi connectivity index (χ1) is 12.5. The van der Waals surface area contributed by atoms with Gasteiger partial charge in [0.1, 0.15) is 11.5 Å². The molecular weight excluding hydrogens is 370 g/mol. The first kappa shape index (κ1) is 20.4. The molecule has 8 heteroatoms. The van der Waals surface area contributed by atoms with Crippen molar-refractivity contribution in [2.45, 2.75) is 12.8 Å². The predicted molar refractivity (Wildman–Crippen MR) is 107 cm³/mol. The van der Waals surface area contributed by atoms with Crippen LogP contribution in [0, 0.1) is 5.92 Å². The van der Waals surface area contributed by atoms with E-state index in [4.69, 9.17) is 15.2 Å². The first-order valence-electron chi connectivity index (χ1n) is 8.32. The molecule has 2 aromatic carbocycles. The Morgan fingerprint density at radius 3 is 2.52 bits per heavy atom. The number of amides is 2. The Balaban J connectivity index is 0.00000261. The van der Waals surface area contributed by atoms with E-state index in [1.807, 2.05) is 0 Å². The summed E-state index contributed by atoms with van der Waals surface area (Å²) >= 11 is 0. The molecule has 7 nitrogen and oxygen atoms in total. The van der Waals surface area contributed by atoms with Gasteiger partial charge in [-0.15, -0.1) is 12.4 Å². The summed E-state index contributed by atoms with van der Waals surface area (Å²) in [5.41, 5.74) is 7.46. The molecule has 144 valence electrons. The SMILES string of the molecule is COc1ccc(NC(=O)COc2cccc(NC(=O)C3CC3)c2)cc1N.Cl. The Hall–Kier alpha value is -2.93. The topological polar surface area (TPSA) is 103 Å². The highest BCUT2D eigenvalue weighted by Gasteiger charge is 2.29. The maximum atomic E-state index is 12.0. The van der Waals surface area contributed by atoms with E-state index in [1.165, 1.54) is 7.11 Å². The van der Waals surface area contributed by atoms with Crippen molar-refractivity contribution in [3.8, 4) is 11.5 Å². The van der Waals surface area contributed by atoms with E-state index in [2.05, 4.69) is 10.6 Å². The number of carbonyl (C=O) groups is 2. The number of benzene rings is 2. The molecule has 1 saturated carbocycles. The fraction of sp³-hybridized carbons (Fsp3) is 0.263. The largest absolute Gasteiger partial charge is 0.495 e. The van der Waals surface area contributed by atoms with Gasteiger partial charge in [0.15, 0.2) is 6.61 Å². The number of nitrogens with two attached hydrogens (primary N) is 1. The van der Waals surface area contributed by atoms with Crippen molar-refractivity contribution in [2.75, 3.05) is 30.1 Å². The maximum absolute atomic E-state index is 12.0. The summed E-state index contributed by atoms with van der Waals surface area (Å²) in [5.74, 6) is 0.883. The van der Waals surface area contributed by atoms with Crippen LogP contribution in [0.5, 0.6) is 11.5 Å². The van der Waals surface area contributed by atoms with Crippen LogP contribution in [0.1, 0.15) is 12.8 Å². The Bertz CT molecular complexity index is 824. The van der Waals surface area contributed by atoms with E-state index in [1.54, 1.807) is 42.5 Å². The van der Waals surface area contributed by atoms with Crippen molar-refractivity contribution in [1.29, 1.82) is 0 Å². The van der Waals surface area contributed by atoms with E-state index in [0.29, 0.717) is 28.6 Å². The smallest absolute Gasteiger partial charge is 0.262 e. The average molecular weight is 392 g/mol. The molecule has 27 heavy (non-hydrogen) atoms. The molecule has 0 bridgehead atoms. The first-order valence-corrected chi connectivity index (χ1v) is 8.32. The highest BCUT2D eigenvalue weighted by molar-refractivity contribution is 5.94. The molecule has 0 saturated heterocycles. The third-order valence-electron chi connectivity index (χ3n) is 3.93. The fourth-order valence-electron chi connectivity index (χ4n) is 2.41. The number of nitrogens with one attached hydrogen (secondary N) is 2. The molecule has 1 aliphatic carbocycles. The second kappa shape index (κ2) is 9.14. The van der Waals surface area contributed by atoms with Crippen molar-refractivity contribution in [3.63, 3.8) is 0 Å². The molecule has 0 radical (unpaired) electrons. The average Bonchev–Trinajstić information content (AvgIpc) is 3.46. The highest BCUT2D eigenvalue weighted by Crippen LogP contribution is 2.30. The lowest BCUT2D eigenvalue weighted by atomic mass is 10.2. The lowest BCUT2D eigenvalue weighted by molar-refractivity contribution is -0.118. The van der Waals surface area contributed by atoms with Gasteiger partial charge in [0.25, 0.3) is 5.91 Å². The molecule has 2 amide bonds. The monoisotopic (exact) mass is 391 g/mol. The quantitative estimate of drug-likeness (QED) is 0.629. The molecule has 0 heterocycles. The zero-order valence-corrected chi connectivity index (χ0v) is 15.7. The van der Waals surface area contributed by atoms with Gasteiger partial charge in [0, 0.05) is 23.4 Å². The van der Waals surface area contributed by atoms with Crippen LogP contribution in [0.4, 0.5) is 17.1 Å². The Labute approximate surface area is 163 Å². The van der Waals surface area contributed by atoms with Gasteiger partial charge < -0.3 is 25.8 Å². The second-order valence-corrected chi connectivity index (χ2v) is 6.08. The van der Waals surface area contributed by atoms with Crippen molar-refractivity contribution in [3.05, 3.63) is 42.5 Å². The van der Waals surface area contributed by atoms with Gasteiger partial charge in [-0.25, -0.2) is 0 Å². The van der Waals surface area contributed by atoms with Gasteiger partial charge in [-0.1, -0.05) is 6.07 Å². The van der Waals surface area contributed by atoms with Gasteiger partial charge in [0.2, 0.25) is 5.91 Å². The summed E-state index contributed by atoms with van der Waals surface area (Å²) in [6, 6.07) is 12.0. The van der Waals surface area contributed by atoms with Gasteiger partial charge in [-0.3, -0.25) is 9.59 Å². The van der Waals surface area contributed by atoms with Gasteiger partial charge in [-0.2, -0.15) is 0 Å². The lowest BCUT2D eigenvalue weighted by Crippen LogP contribution is -2.20. The highest BCUT2D eigenvalue weighted by atomic mass is 35.5. The summed E-state index contributed by atoms with van der Waals surface area (Å²) in [6.07, 6.45) is 1.89. The molecule has 2 aromatic rings. The van der Waals surface area contributed by atoms with Crippen LogP contribution in [-0.2, 0) is 9.59 Å². The number of hydrogen-bond donors (Lipinski definition) is 3. The van der Waals surface area contributed by atoms with E-state index < -0.39 is 0 Å². The molecule has 0 aliphatic heterocycles. The van der Waals surface area contributed by atoms with Crippen LogP contribution in [0.3, 0.4) is 0 Å². The zero-order valence-electron chi connectivity index (χ0n) is 14.9. The van der Waals surface area contributed by atoms with Gasteiger partial charge in [-0.05, 0) is 43.2 Å². The third kappa shape index (κ3) is 5.79. The summed E-state index contributed by atoms with van der Waals surface area (Å²) in [6.45, 7) is -0.161. The van der Waals surface area contributed by atoms with Crippen molar-refractivity contribution >= 4 is 41.3 Å². The number of nitrogen functional groups attached to an aromatic ring is 1. The Kier molecular flexibility index (Phi) is 6.90. The van der Waals surface area contributed by atoms with Crippen molar-refractivity contribution in [1.82, 2.24) is 0 Å². The second-order valence-electron chi connectivity index (χ2n) is 6.08. The molecule has 0 spiro atoms. The van der Waals surface area contributed by atoms with Crippen LogP contribution in [0.25, 0.3) is 0 Å². The van der Waals surface area contributed by atoms with Crippen molar-refractivity contribution in [2.24, 2.45) is 5.92 Å². The van der Waals surface area contributed by atoms with Crippen LogP contribution >= 0.6 is 12.4 Å². The van der Waals surface area contributed by atoms with Gasteiger partial charge >= 0.3 is 0 Å². The maximum Gasteiger partial charge on any atom is 0.262 e. The molecule has 1 aliphatic rings. The Morgan fingerprint density at radius 1 is 1.11 bits per heavy atom. The molecule has 0 unspecified atom stereocenters. The number of halogens is 1. The van der Waals surface area contributed by atoms with E-state index >= 15 is 0 Å². The zero-order chi connectivity index (χ0) is 18.5. The number of hydrogen-bond acceptors (Lipinski definition) is 5. The molecule has 0 atom stereocenters. The molecule has 1 fully saturated rings. The van der Waals surface area contributed by atoms with Crippen LogP contribution in [-0.4, -0.2) is 25.5 Å². The van der Waals surface area contributed by atoms with Crippen molar-refractivity contribution < 1.29 is 19.1 Å². The molecular formula is C19H22ClN3O4. The summed E-state index contributed by atoms with van der Waals surface area (Å²) in [7, 11) is 1.53. The third-order valence-corrected chi connectivity index (χ3v) is 3.93. The van der Waals surface area contributed by atoms with Crippen LogP contribution in [0.15, 0.2) is 42.5 Å². The van der Waals surface area contributed by atoms with Crippen LogP contribution in [0.2, 0.25) is 0 Å². The summed E-state index contributed by atoms with van der Waals surface area (Å²) in [4.78, 5) is 23.8. The number of anilines is 3. The van der Waals surface area contributed by atoms with E-state index in [9.17, 15) is 9.59 Å². The number of carbonyl (C=O) groups excluding carboxylic acids is 2. The standard InChI is InChI=1S/C19H21N3O4.ClH/c1-25-17-8-7-14(10-16(17)20)21-18(23)11-26-15-4-2-3-13(9-15)22-19(24)12-5-6-12;/h2-4,7-10,12H,5-6,11,20H2,1H3,(H,21,23)(H,22,24);1H. The number of methoxy groups -OCH3 is 1. The fourth-order valence-corrected chi connectivity index (χ4v) is 2.41. The number of rotatable bonds is 7. The normalized spacial score (nSPS) is 12.5. The van der Waals surface area contributed by atoms with E-state index in [0.717, 1.165) is 12.8 Å². The minimum Gasteiger partial charge on any atom is -0.495 e.